The molecule has 0 aliphatic carbocycles. The molecule has 0 aliphatic heterocycles. The molecule has 17 heavy (non-hydrogen) atoms. The number of fused-ring (bicyclic) bond motifs is 1. The maximum absolute atomic E-state index is 5.72. The Labute approximate surface area is 102 Å². The van der Waals surface area contributed by atoms with Gasteiger partial charge in [0, 0.05) is 10.4 Å². The molecule has 2 N–H and O–H groups in total. The van der Waals surface area contributed by atoms with Crippen LogP contribution in [-0.4, -0.2) is 9.97 Å². The van der Waals surface area contributed by atoms with Gasteiger partial charge in [0.1, 0.15) is 5.52 Å². The van der Waals surface area contributed by atoms with E-state index in [2.05, 4.69) is 16.0 Å². The van der Waals surface area contributed by atoms with Crippen LogP contribution in [0.15, 0.2) is 22.9 Å². The average molecular weight is 245 g/mol. The van der Waals surface area contributed by atoms with Crippen molar-refractivity contribution in [3.8, 4) is 11.3 Å². The number of thiazole rings is 1. The lowest BCUT2D eigenvalue weighted by molar-refractivity contribution is 0.600. The van der Waals surface area contributed by atoms with E-state index in [1.807, 2.05) is 19.9 Å². The fourth-order valence-electron chi connectivity index (χ4n) is 1.96. The van der Waals surface area contributed by atoms with E-state index in [0.717, 1.165) is 32.8 Å². The van der Waals surface area contributed by atoms with Gasteiger partial charge in [-0.25, -0.2) is 9.97 Å². The number of rotatable bonds is 1. The van der Waals surface area contributed by atoms with Gasteiger partial charge in [-0.15, -0.1) is 11.3 Å². The molecule has 4 nitrogen and oxygen atoms in total. The molecule has 3 rings (SSSR count). The van der Waals surface area contributed by atoms with Crippen molar-refractivity contribution < 1.29 is 4.42 Å². The van der Waals surface area contributed by atoms with Crippen LogP contribution in [0.3, 0.4) is 0 Å². The predicted molar refractivity (Wildman–Crippen MR) is 69.0 cm³/mol. The SMILES string of the molecule is Cc1sc(N)nc1-c1cc(C)c2ocnc2c1. The van der Waals surface area contributed by atoms with Crippen LogP contribution >= 0.6 is 11.3 Å². The van der Waals surface area contributed by atoms with Crippen molar-refractivity contribution in [3.05, 3.63) is 29.0 Å². The Morgan fingerprint density at radius 1 is 1.29 bits per heavy atom. The Morgan fingerprint density at radius 2 is 2.12 bits per heavy atom. The summed E-state index contributed by atoms with van der Waals surface area (Å²) in [4.78, 5) is 9.65. The zero-order valence-corrected chi connectivity index (χ0v) is 10.3. The summed E-state index contributed by atoms with van der Waals surface area (Å²) in [7, 11) is 0. The van der Waals surface area contributed by atoms with Gasteiger partial charge < -0.3 is 10.2 Å². The first-order valence-corrected chi connectivity index (χ1v) is 6.04. The third-order valence-corrected chi connectivity index (χ3v) is 3.50. The third-order valence-electron chi connectivity index (χ3n) is 2.70. The van der Waals surface area contributed by atoms with Crippen molar-refractivity contribution in [3.63, 3.8) is 0 Å². The Kier molecular flexibility index (Phi) is 2.16. The van der Waals surface area contributed by atoms with Gasteiger partial charge >= 0.3 is 0 Å². The molecule has 0 radical (unpaired) electrons. The van der Waals surface area contributed by atoms with E-state index < -0.39 is 0 Å². The average Bonchev–Trinajstić information content (AvgIpc) is 2.84. The molecular formula is C12H11N3OS. The van der Waals surface area contributed by atoms with E-state index in [9.17, 15) is 0 Å². The van der Waals surface area contributed by atoms with Crippen LogP contribution in [-0.2, 0) is 0 Å². The maximum Gasteiger partial charge on any atom is 0.181 e. The highest BCUT2D eigenvalue weighted by molar-refractivity contribution is 7.15. The second kappa shape index (κ2) is 3.56. The monoisotopic (exact) mass is 245 g/mol. The number of hydrogen-bond acceptors (Lipinski definition) is 5. The molecule has 0 saturated carbocycles. The van der Waals surface area contributed by atoms with Crippen LogP contribution < -0.4 is 5.73 Å². The lowest BCUT2D eigenvalue weighted by atomic mass is 10.1. The van der Waals surface area contributed by atoms with Crippen LogP contribution in [0.5, 0.6) is 0 Å². The largest absolute Gasteiger partial charge is 0.443 e. The highest BCUT2D eigenvalue weighted by Crippen LogP contribution is 2.31. The standard InChI is InChI=1S/C12H11N3OS/c1-6-3-8(4-9-11(6)16-5-14-9)10-7(2)17-12(13)15-10/h3-5H,1-2H3,(H2,13,15). The summed E-state index contributed by atoms with van der Waals surface area (Å²) in [5.74, 6) is 0. The quantitative estimate of drug-likeness (QED) is 0.715. The lowest BCUT2D eigenvalue weighted by Crippen LogP contribution is -1.86. The minimum absolute atomic E-state index is 0.593. The summed E-state index contributed by atoms with van der Waals surface area (Å²) in [6, 6.07) is 4.03. The van der Waals surface area contributed by atoms with Crippen molar-refractivity contribution in [2.75, 3.05) is 5.73 Å². The van der Waals surface area contributed by atoms with Gasteiger partial charge in [0.15, 0.2) is 17.1 Å². The van der Waals surface area contributed by atoms with Crippen LogP contribution in [0.1, 0.15) is 10.4 Å². The second-order valence-electron chi connectivity index (χ2n) is 3.95. The van der Waals surface area contributed by atoms with Gasteiger partial charge in [-0.1, -0.05) is 0 Å². The first-order chi connectivity index (χ1) is 8.15. The molecule has 86 valence electrons. The van der Waals surface area contributed by atoms with Gasteiger partial charge in [-0.2, -0.15) is 0 Å². The fourth-order valence-corrected chi connectivity index (χ4v) is 2.67. The number of oxazole rings is 1. The molecule has 0 unspecified atom stereocenters. The number of aryl methyl sites for hydroxylation is 2. The minimum Gasteiger partial charge on any atom is -0.443 e. The van der Waals surface area contributed by atoms with Crippen LogP contribution in [0.25, 0.3) is 22.4 Å². The number of nitrogen functional groups attached to an aromatic ring is 1. The summed E-state index contributed by atoms with van der Waals surface area (Å²) >= 11 is 1.50. The smallest absolute Gasteiger partial charge is 0.181 e. The highest BCUT2D eigenvalue weighted by Gasteiger charge is 2.11. The molecule has 2 heterocycles. The minimum atomic E-state index is 0.593. The maximum atomic E-state index is 5.72. The van der Waals surface area contributed by atoms with E-state index in [1.54, 1.807) is 0 Å². The molecule has 0 fully saturated rings. The first-order valence-electron chi connectivity index (χ1n) is 5.22. The number of aromatic nitrogens is 2. The van der Waals surface area contributed by atoms with Gasteiger partial charge in [0.2, 0.25) is 0 Å². The van der Waals surface area contributed by atoms with Crippen molar-refractivity contribution in [1.29, 1.82) is 0 Å². The van der Waals surface area contributed by atoms with Crippen LogP contribution in [0.4, 0.5) is 5.13 Å². The predicted octanol–water partition coefficient (Wildman–Crippen LogP) is 3.15. The summed E-state index contributed by atoms with van der Waals surface area (Å²) in [6.45, 7) is 4.02. The molecule has 0 aliphatic rings. The Hall–Kier alpha value is -1.88. The van der Waals surface area contributed by atoms with E-state index in [-0.39, 0.29) is 0 Å². The summed E-state index contributed by atoms with van der Waals surface area (Å²) < 4.78 is 5.32. The lowest BCUT2D eigenvalue weighted by Gasteiger charge is -2.01. The summed E-state index contributed by atoms with van der Waals surface area (Å²) in [5.41, 5.74) is 10.4. The Morgan fingerprint density at radius 3 is 2.82 bits per heavy atom. The van der Waals surface area contributed by atoms with E-state index in [0.29, 0.717) is 5.13 Å². The van der Waals surface area contributed by atoms with Crippen LogP contribution in [0, 0.1) is 13.8 Å². The third kappa shape index (κ3) is 1.59. The van der Waals surface area contributed by atoms with Crippen molar-refractivity contribution in [2.24, 2.45) is 0 Å². The van der Waals surface area contributed by atoms with E-state index in [4.69, 9.17) is 10.2 Å². The molecule has 0 amide bonds. The summed E-state index contributed by atoms with van der Waals surface area (Å²) in [5, 5.41) is 0.593. The fraction of sp³-hybridized carbons (Fsp3) is 0.167. The zero-order chi connectivity index (χ0) is 12.0. The second-order valence-corrected chi connectivity index (χ2v) is 5.19. The van der Waals surface area contributed by atoms with Crippen LogP contribution in [0.2, 0.25) is 0 Å². The van der Waals surface area contributed by atoms with Gasteiger partial charge in [0.25, 0.3) is 0 Å². The molecule has 0 spiro atoms. The topological polar surface area (TPSA) is 64.9 Å². The van der Waals surface area contributed by atoms with E-state index >= 15 is 0 Å². The van der Waals surface area contributed by atoms with Crippen molar-refractivity contribution in [1.82, 2.24) is 9.97 Å². The van der Waals surface area contributed by atoms with E-state index in [1.165, 1.54) is 17.7 Å². The number of nitrogens with two attached hydrogens (primary N) is 1. The number of nitrogens with zero attached hydrogens (tertiary/aromatic N) is 2. The zero-order valence-electron chi connectivity index (χ0n) is 9.52. The highest BCUT2D eigenvalue weighted by atomic mass is 32.1. The van der Waals surface area contributed by atoms with Crippen molar-refractivity contribution in [2.45, 2.75) is 13.8 Å². The molecule has 0 bridgehead atoms. The molecule has 5 heteroatoms. The van der Waals surface area contributed by atoms with Gasteiger partial charge in [-0.05, 0) is 31.5 Å². The normalized spacial score (nSPS) is 11.2. The van der Waals surface area contributed by atoms with Gasteiger partial charge in [-0.3, -0.25) is 0 Å². The Bertz CT molecular complexity index is 699. The molecular weight excluding hydrogens is 234 g/mol. The molecule has 0 saturated heterocycles. The molecule has 1 aromatic carbocycles. The number of benzene rings is 1. The molecule has 0 atom stereocenters. The first kappa shape index (κ1) is 10.3. The van der Waals surface area contributed by atoms with Gasteiger partial charge in [0.05, 0.1) is 5.69 Å². The molecule has 2 aromatic heterocycles. The number of hydrogen-bond donors (Lipinski definition) is 1. The Balaban J connectivity index is 2.27. The number of anilines is 1. The molecule has 3 aromatic rings. The summed E-state index contributed by atoms with van der Waals surface area (Å²) in [6.07, 6.45) is 1.46. The van der Waals surface area contributed by atoms with Crippen molar-refractivity contribution >= 4 is 27.6 Å².